The van der Waals surface area contributed by atoms with Crippen molar-refractivity contribution in [2.75, 3.05) is 26.7 Å². The average Bonchev–Trinajstić information content (AvgIpc) is 3.07. The van der Waals surface area contributed by atoms with E-state index in [1.807, 2.05) is 19.4 Å². The zero-order chi connectivity index (χ0) is 14.6. The van der Waals surface area contributed by atoms with Gasteiger partial charge < -0.3 is 10.1 Å². The van der Waals surface area contributed by atoms with Gasteiger partial charge in [0, 0.05) is 31.1 Å². The molecule has 1 unspecified atom stereocenters. The van der Waals surface area contributed by atoms with Gasteiger partial charge in [0.25, 0.3) is 0 Å². The van der Waals surface area contributed by atoms with E-state index in [2.05, 4.69) is 5.32 Å². The number of ether oxygens (including phenoxy) is 1. The summed E-state index contributed by atoms with van der Waals surface area (Å²) in [7, 11) is -1.60. The molecule has 1 atom stereocenters. The van der Waals surface area contributed by atoms with Gasteiger partial charge in [-0.05, 0) is 31.3 Å². The van der Waals surface area contributed by atoms with Crippen molar-refractivity contribution in [1.82, 2.24) is 9.62 Å². The van der Waals surface area contributed by atoms with Gasteiger partial charge in [-0.3, -0.25) is 0 Å². The standard InChI is InChI=1S/C13H22N2O3S2/c1-3-15(10-11-5-4-7-18-11)20(16,17)13-6-8-19-12(13)9-14-2/h6,8,11,14H,3-5,7,9-10H2,1-2H3. The maximum absolute atomic E-state index is 12.8. The molecule has 0 aliphatic carbocycles. The molecule has 2 rings (SSSR count). The minimum atomic E-state index is -3.42. The van der Waals surface area contributed by atoms with Crippen LogP contribution < -0.4 is 5.32 Å². The minimum Gasteiger partial charge on any atom is -0.377 e. The number of rotatable bonds is 7. The van der Waals surface area contributed by atoms with Gasteiger partial charge in [0.2, 0.25) is 10.0 Å². The van der Waals surface area contributed by atoms with Crippen LogP contribution in [-0.4, -0.2) is 45.6 Å². The van der Waals surface area contributed by atoms with E-state index in [1.165, 1.54) is 15.6 Å². The fourth-order valence-electron chi connectivity index (χ4n) is 2.40. The molecule has 5 nitrogen and oxygen atoms in total. The third kappa shape index (κ3) is 3.40. The largest absolute Gasteiger partial charge is 0.377 e. The highest BCUT2D eigenvalue weighted by Crippen LogP contribution is 2.26. The summed E-state index contributed by atoms with van der Waals surface area (Å²) in [4.78, 5) is 1.29. The lowest BCUT2D eigenvalue weighted by molar-refractivity contribution is 0.0946. The molecule has 1 aliphatic rings. The first-order valence-electron chi connectivity index (χ1n) is 6.92. The molecule has 0 aromatic carbocycles. The normalized spacial score (nSPS) is 19.9. The maximum atomic E-state index is 12.8. The highest BCUT2D eigenvalue weighted by atomic mass is 32.2. The van der Waals surface area contributed by atoms with Crippen LogP contribution in [0.4, 0.5) is 0 Å². The fourth-order valence-corrected chi connectivity index (χ4v) is 5.31. The van der Waals surface area contributed by atoms with Crippen LogP contribution in [0.2, 0.25) is 0 Å². The van der Waals surface area contributed by atoms with Gasteiger partial charge in [-0.2, -0.15) is 4.31 Å². The Morgan fingerprint density at radius 3 is 2.95 bits per heavy atom. The Hall–Kier alpha value is -0.470. The Kier molecular flexibility index (Phi) is 5.57. The van der Waals surface area contributed by atoms with Gasteiger partial charge in [-0.1, -0.05) is 6.92 Å². The van der Waals surface area contributed by atoms with Crippen LogP contribution in [0.25, 0.3) is 0 Å². The first kappa shape index (κ1) is 15.9. The van der Waals surface area contributed by atoms with Crippen LogP contribution in [0, 0.1) is 0 Å². The Morgan fingerprint density at radius 2 is 2.35 bits per heavy atom. The third-order valence-corrected chi connectivity index (χ3v) is 6.52. The molecule has 1 aromatic rings. The van der Waals surface area contributed by atoms with Gasteiger partial charge in [0.05, 0.1) is 11.0 Å². The molecule has 0 spiro atoms. The molecule has 1 saturated heterocycles. The molecule has 1 aliphatic heterocycles. The number of hydrogen-bond acceptors (Lipinski definition) is 5. The van der Waals surface area contributed by atoms with Crippen LogP contribution in [-0.2, 0) is 21.3 Å². The van der Waals surface area contributed by atoms with Gasteiger partial charge in [0.1, 0.15) is 0 Å². The van der Waals surface area contributed by atoms with Crippen molar-refractivity contribution in [3.63, 3.8) is 0 Å². The maximum Gasteiger partial charge on any atom is 0.244 e. The van der Waals surface area contributed by atoms with Crippen molar-refractivity contribution in [2.45, 2.75) is 37.3 Å². The molecular formula is C13H22N2O3S2. The number of thiophene rings is 1. The predicted octanol–water partition coefficient (Wildman–Crippen LogP) is 1.66. The molecule has 1 fully saturated rings. The van der Waals surface area contributed by atoms with Gasteiger partial charge in [-0.25, -0.2) is 8.42 Å². The fraction of sp³-hybridized carbons (Fsp3) is 0.692. The number of nitrogens with one attached hydrogen (secondary N) is 1. The van der Waals surface area contributed by atoms with E-state index in [4.69, 9.17) is 4.74 Å². The number of nitrogens with zero attached hydrogens (tertiary/aromatic N) is 1. The van der Waals surface area contributed by atoms with Crippen LogP contribution in [0.5, 0.6) is 0 Å². The second-order valence-electron chi connectivity index (χ2n) is 4.83. The second-order valence-corrected chi connectivity index (χ2v) is 7.74. The molecule has 2 heterocycles. The van der Waals surface area contributed by atoms with E-state index in [0.717, 1.165) is 24.3 Å². The third-order valence-electron chi connectivity index (χ3n) is 3.44. The van der Waals surface area contributed by atoms with E-state index in [9.17, 15) is 8.42 Å². The topological polar surface area (TPSA) is 58.6 Å². The summed E-state index contributed by atoms with van der Waals surface area (Å²) in [6.07, 6.45) is 2.00. The predicted molar refractivity (Wildman–Crippen MR) is 80.5 cm³/mol. The molecule has 20 heavy (non-hydrogen) atoms. The summed E-state index contributed by atoms with van der Waals surface area (Å²) in [6, 6.07) is 1.70. The number of hydrogen-bond donors (Lipinski definition) is 1. The van der Waals surface area contributed by atoms with E-state index in [0.29, 0.717) is 24.5 Å². The van der Waals surface area contributed by atoms with Gasteiger partial charge in [-0.15, -0.1) is 11.3 Å². The summed E-state index contributed by atoms with van der Waals surface area (Å²) in [5.74, 6) is 0. The van der Waals surface area contributed by atoms with E-state index >= 15 is 0 Å². The Labute approximate surface area is 125 Å². The quantitative estimate of drug-likeness (QED) is 0.830. The Morgan fingerprint density at radius 1 is 1.55 bits per heavy atom. The highest BCUT2D eigenvalue weighted by Gasteiger charge is 2.29. The number of sulfonamides is 1. The SMILES string of the molecule is CCN(CC1CCCO1)S(=O)(=O)c1ccsc1CNC. The molecule has 0 bridgehead atoms. The average molecular weight is 318 g/mol. The van der Waals surface area contributed by atoms with Crippen LogP contribution in [0.1, 0.15) is 24.6 Å². The smallest absolute Gasteiger partial charge is 0.244 e. The molecule has 7 heteroatoms. The van der Waals surface area contributed by atoms with E-state index in [1.54, 1.807) is 6.07 Å². The molecule has 1 aromatic heterocycles. The summed E-state index contributed by atoms with van der Waals surface area (Å²) < 4.78 is 32.6. The zero-order valence-electron chi connectivity index (χ0n) is 12.0. The first-order chi connectivity index (χ1) is 9.59. The lowest BCUT2D eigenvalue weighted by atomic mass is 10.2. The summed E-state index contributed by atoms with van der Waals surface area (Å²) in [6.45, 7) is 4.11. The van der Waals surface area contributed by atoms with Crippen molar-refractivity contribution < 1.29 is 13.2 Å². The van der Waals surface area contributed by atoms with Crippen molar-refractivity contribution in [3.05, 3.63) is 16.3 Å². The monoisotopic (exact) mass is 318 g/mol. The molecule has 0 saturated carbocycles. The van der Waals surface area contributed by atoms with E-state index in [-0.39, 0.29) is 6.10 Å². The summed E-state index contributed by atoms with van der Waals surface area (Å²) >= 11 is 1.47. The Balaban J connectivity index is 2.19. The zero-order valence-corrected chi connectivity index (χ0v) is 13.6. The molecule has 0 amide bonds. The molecular weight excluding hydrogens is 296 g/mol. The number of likely N-dealkylation sites (N-methyl/N-ethyl adjacent to an activating group) is 1. The van der Waals surface area contributed by atoms with Crippen molar-refractivity contribution in [1.29, 1.82) is 0 Å². The van der Waals surface area contributed by atoms with Crippen LogP contribution in [0.3, 0.4) is 0 Å². The van der Waals surface area contributed by atoms with Crippen molar-refractivity contribution >= 4 is 21.4 Å². The van der Waals surface area contributed by atoms with Crippen molar-refractivity contribution in [3.8, 4) is 0 Å². The van der Waals surface area contributed by atoms with Gasteiger partial charge in [0.15, 0.2) is 0 Å². The van der Waals surface area contributed by atoms with Crippen LogP contribution in [0.15, 0.2) is 16.3 Å². The molecule has 1 N–H and O–H groups in total. The molecule has 114 valence electrons. The van der Waals surface area contributed by atoms with Crippen LogP contribution >= 0.6 is 11.3 Å². The summed E-state index contributed by atoms with van der Waals surface area (Å²) in [5.41, 5.74) is 0. The molecule has 0 radical (unpaired) electrons. The first-order valence-corrected chi connectivity index (χ1v) is 9.24. The highest BCUT2D eigenvalue weighted by molar-refractivity contribution is 7.89. The minimum absolute atomic E-state index is 0.0381. The van der Waals surface area contributed by atoms with E-state index < -0.39 is 10.0 Å². The lowest BCUT2D eigenvalue weighted by Gasteiger charge is -2.23. The Bertz CT molecular complexity index is 521. The second kappa shape index (κ2) is 7.00. The van der Waals surface area contributed by atoms with Crippen molar-refractivity contribution in [2.24, 2.45) is 0 Å². The summed E-state index contributed by atoms with van der Waals surface area (Å²) in [5, 5.41) is 4.85. The van der Waals surface area contributed by atoms with Gasteiger partial charge >= 0.3 is 0 Å². The lowest BCUT2D eigenvalue weighted by Crippen LogP contribution is -2.37.